The zero-order valence-electron chi connectivity index (χ0n) is 11.1. The maximum Gasteiger partial charge on any atom is 0.330 e. The fraction of sp³-hybridized carbons (Fsp3) is 0.667. The van der Waals surface area contributed by atoms with Gasteiger partial charge in [0.2, 0.25) is 0 Å². The van der Waals surface area contributed by atoms with Crippen LogP contribution in [-0.4, -0.2) is 39.1 Å². The summed E-state index contributed by atoms with van der Waals surface area (Å²) in [6.07, 6.45) is -0.785. The van der Waals surface area contributed by atoms with Gasteiger partial charge >= 0.3 is 5.69 Å². The number of rotatable bonds is 3. The van der Waals surface area contributed by atoms with E-state index in [-0.39, 0.29) is 0 Å². The molecule has 106 valence electrons. The van der Waals surface area contributed by atoms with Gasteiger partial charge in [0.1, 0.15) is 11.7 Å². The molecule has 1 saturated heterocycles. The van der Waals surface area contributed by atoms with Crippen molar-refractivity contribution in [2.24, 2.45) is 0 Å². The molecular weight excluding hydrogens is 252 g/mol. The van der Waals surface area contributed by atoms with Gasteiger partial charge in [0.05, 0.1) is 6.10 Å². The maximum absolute atomic E-state index is 11.8. The van der Waals surface area contributed by atoms with Gasteiger partial charge in [0.15, 0.2) is 6.23 Å². The van der Waals surface area contributed by atoms with Crippen molar-refractivity contribution in [3.8, 4) is 0 Å². The largest absolute Gasteiger partial charge is 0.387 e. The molecule has 0 amide bonds. The minimum atomic E-state index is -1.05. The van der Waals surface area contributed by atoms with E-state index in [0.717, 1.165) is 0 Å². The second-order valence-corrected chi connectivity index (χ2v) is 4.77. The average molecular weight is 270 g/mol. The quantitative estimate of drug-likeness (QED) is 0.780. The Balaban J connectivity index is 2.48. The van der Waals surface area contributed by atoms with Gasteiger partial charge in [0, 0.05) is 18.9 Å². The third-order valence-electron chi connectivity index (χ3n) is 3.42. The van der Waals surface area contributed by atoms with Crippen LogP contribution in [0.5, 0.6) is 0 Å². The normalized spacial score (nSPS) is 34.6. The number of hydrogen-bond acceptors (Lipinski definition) is 5. The molecule has 1 aliphatic heterocycles. The number of hydrogen-bond donors (Lipinski definition) is 2. The molecule has 4 atom stereocenters. The van der Waals surface area contributed by atoms with Gasteiger partial charge in [-0.1, -0.05) is 0 Å². The Morgan fingerprint density at radius 1 is 1.58 bits per heavy atom. The van der Waals surface area contributed by atoms with Crippen molar-refractivity contribution in [3.63, 3.8) is 0 Å². The lowest BCUT2D eigenvalue weighted by atomic mass is 9.96. The van der Waals surface area contributed by atoms with E-state index in [1.54, 1.807) is 20.8 Å². The molecule has 2 N–H and O–H groups in total. The van der Waals surface area contributed by atoms with Crippen LogP contribution in [0.1, 0.15) is 27.0 Å². The molecule has 1 unspecified atom stereocenters. The third-order valence-corrected chi connectivity index (χ3v) is 3.42. The number of ether oxygens (including phenoxy) is 2. The molecule has 19 heavy (non-hydrogen) atoms. The number of nitrogens with zero attached hydrogens (tertiary/aromatic N) is 1. The second kappa shape index (κ2) is 4.92. The lowest BCUT2D eigenvalue weighted by Crippen LogP contribution is -2.48. The summed E-state index contributed by atoms with van der Waals surface area (Å²) in [4.78, 5) is 25.1. The summed E-state index contributed by atoms with van der Waals surface area (Å²) in [5, 5.41) is 10.2. The molecule has 2 heterocycles. The van der Waals surface area contributed by atoms with E-state index in [9.17, 15) is 14.7 Å². The molecule has 0 saturated carbocycles. The molecule has 7 nitrogen and oxygen atoms in total. The monoisotopic (exact) mass is 270 g/mol. The molecule has 0 aromatic carbocycles. The van der Waals surface area contributed by atoms with Crippen LogP contribution in [0.25, 0.3) is 0 Å². The Morgan fingerprint density at radius 3 is 2.84 bits per heavy atom. The van der Waals surface area contributed by atoms with E-state index >= 15 is 0 Å². The minimum absolute atomic E-state index is 0.373. The Labute approximate surface area is 109 Å². The molecule has 0 bridgehead atoms. The van der Waals surface area contributed by atoms with E-state index in [2.05, 4.69) is 4.98 Å². The molecule has 2 rings (SSSR count). The molecule has 0 radical (unpaired) electrons. The van der Waals surface area contributed by atoms with E-state index in [1.165, 1.54) is 16.8 Å². The zero-order chi connectivity index (χ0) is 14.2. The third kappa shape index (κ3) is 2.24. The fourth-order valence-electron chi connectivity index (χ4n) is 2.45. The Hall–Kier alpha value is -1.44. The first-order valence-electron chi connectivity index (χ1n) is 6.19. The molecule has 1 aliphatic rings. The number of aliphatic hydroxyl groups excluding tert-OH is 1. The topological polar surface area (TPSA) is 93.5 Å². The molecule has 1 aromatic rings. The summed E-state index contributed by atoms with van der Waals surface area (Å²) in [6, 6.07) is 1.23. The van der Waals surface area contributed by atoms with Gasteiger partial charge in [-0.25, -0.2) is 4.79 Å². The standard InChI is InChI=1S/C12H18N2O5/c1-4-18-12(3)9(16)7(2)19-10(12)14-6-5-8(15)13-11(14)17/h5-7,9-10,16H,4H2,1-3H3,(H,13,15,17)/t7?,9-,10-,12-/m1/s1. The van der Waals surface area contributed by atoms with Crippen LogP contribution < -0.4 is 11.2 Å². The summed E-state index contributed by atoms with van der Waals surface area (Å²) < 4.78 is 12.4. The highest BCUT2D eigenvalue weighted by atomic mass is 16.6. The van der Waals surface area contributed by atoms with Crippen molar-refractivity contribution in [1.82, 2.24) is 9.55 Å². The Kier molecular flexibility index (Phi) is 3.62. The lowest BCUT2D eigenvalue weighted by molar-refractivity contribution is -0.137. The van der Waals surface area contributed by atoms with Gasteiger partial charge in [-0.3, -0.25) is 14.3 Å². The second-order valence-electron chi connectivity index (χ2n) is 4.77. The predicted octanol–water partition coefficient (Wildman–Crippen LogP) is -0.390. The smallest absolute Gasteiger partial charge is 0.330 e. The van der Waals surface area contributed by atoms with Gasteiger partial charge in [-0.2, -0.15) is 0 Å². The van der Waals surface area contributed by atoms with Crippen LogP contribution in [0.4, 0.5) is 0 Å². The molecule has 7 heteroatoms. The van der Waals surface area contributed by atoms with Gasteiger partial charge in [-0.15, -0.1) is 0 Å². The average Bonchev–Trinajstić information content (AvgIpc) is 2.55. The van der Waals surface area contributed by atoms with E-state index in [0.29, 0.717) is 6.61 Å². The van der Waals surface area contributed by atoms with Crippen LogP contribution in [0, 0.1) is 0 Å². The van der Waals surface area contributed by atoms with E-state index in [1.807, 2.05) is 0 Å². The highest BCUT2D eigenvalue weighted by molar-refractivity contribution is 5.01. The lowest BCUT2D eigenvalue weighted by Gasteiger charge is -2.32. The summed E-state index contributed by atoms with van der Waals surface area (Å²) in [7, 11) is 0. The summed E-state index contributed by atoms with van der Waals surface area (Å²) >= 11 is 0. The van der Waals surface area contributed by atoms with Crippen LogP contribution in [-0.2, 0) is 9.47 Å². The van der Waals surface area contributed by atoms with Crippen LogP contribution in [0.15, 0.2) is 21.9 Å². The summed E-state index contributed by atoms with van der Waals surface area (Å²) in [6.45, 7) is 5.57. The van der Waals surface area contributed by atoms with Crippen molar-refractivity contribution in [1.29, 1.82) is 0 Å². The van der Waals surface area contributed by atoms with Gasteiger partial charge in [0.25, 0.3) is 5.56 Å². The van der Waals surface area contributed by atoms with Crippen LogP contribution >= 0.6 is 0 Å². The fourth-order valence-corrected chi connectivity index (χ4v) is 2.45. The van der Waals surface area contributed by atoms with Crippen molar-refractivity contribution in [2.75, 3.05) is 6.61 Å². The van der Waals surface area contributed by atoms with E-state index < -0.39 is 35.3 Å². The van der Waals surface area contributed by atoms with Gasteiger partial charge < -0.3 is 14.6 Å². The Morgan fingerprint density at radius 2 is 2.26 bits per heavy atom. The highest BCUT2D eigenvalue weighted by Crippen LogP contribution is 2.40. The number of H-pyrrole nitrogens is 1. The van der Waals surface area contributed by atoms with Crippen LogP contribution in [0.2, 0.25) is 0 Å². The zero-order valence-corrected chi connectivity index (χ0v) is 11.1. The number of aliphatic hydroxyl groups is 1. The SMILES string of the molecule is CCO[C@]1(C)[C@H](O)C(C)O[C@H]1n1ccc(=O)[nH]c1=O. The first-order chi connectivity index (χ1) is 8.90. The molecular formula is C12H18N2O5. The predicted molar refractivity (Wildman–Crippen MR) is 66.9 cm³/mol. The minimum Gasteiger partial charge on any atom is -0.387 e. The summed E-state index contributed by atoms with van der Waals surface area (Å²) in [5.74, 6) is 0. The van der Waals surface area contributed by atoms with Crippen molar-refractivity contribution in [2.45, 2.75) is 44.8 Å². The summed E-state index contributed by atoms with van der Waals surface area (Å²) in [5.41, 5.74) is -2.12. The number of aromatic amines is 1. The van der Waals surface area contributed by atoms with Crippen molar-refractivity contribution < 1.29 is 14.6 Å². The van der Waals surface area contributed by atoms with Crippen molar-refractivity contribution in [3.05, 3.63) is 33.1 Å². The van der Waals surface area contributed by atoms with Crippen molar-refractivity contribution >= 4 is 0 Å². The first kappa shape index (κ1) is 14.0. The Bertz CT molecular complexity index is 566. The van der Waals surface area contributed by atoms with E-state index in [4.69, 9.17) is 9.47 Å². The number of aromatic nitrogens is 2. The molecule has 1 fully saturated rings. The highest BCUT2D eigenvalue weighted by Gasteiger charge is 2.53. The molecule has 0 aliphatic carbocycles. The molecule has 1 aromatic heterocycles. The number of nitrogens with one attached hydrogen (secondary N) is 1. The van der Waals surface area contributed by atoms with Crippen LogP contribution in [0.3, 0.4) is 0 Å². The van der Waals surface area contributed by atoms with Gasteiger partial charge in [-0.05, 0) is 20.8 Å². The maximum atomic E-state index is 11.8. The first-order valence-corrected chi connectivity index (χ1v) is 6.19. The molecule has 0 spiro atoms.